The Balaban J connectivity index is 2.44. The van der Waals surface area contributed by atoms with Crippen molar-refractivity contribution in [1.82, 2.24) is 14.5 Å². The molecule has 0 spiro atoms. The number of aromatic nitrogens is 3. The Kier molecular flexibility index (Phi) is 3.39. The molecule has 0 saturated heterocycles. The summed E-state index contributed by atoms with van der Waals surface area (Å²) in [5.74, 6) is 0. The van der Waals surface area contributed by atoms with Crippen molar-refractivity contribution in [2.75, 3.05) is 0 Å². The molecule has 1 N–H and O–H groups in total. The van der Waals surface area contributed by atoms with Gasteiger partial charge < -0.3 is 9.55 Å². The monoisotopic (exact) mass is 261 g/mol. The van der Waals surface area contributed by atoms with E-state index in [1.54, 1.807) is 0 Å². The van der Waals surface area contributed by atoms with Crippen molar-refractivity contribution in [1.29, 1.82) is 0 Å². The SMILES string of the molecule is Cc1cnccc1Cn1c(C(C)(C)C)c[nH]c1=S. The third kappa shape index (κ3) is 2.53. The van der Waals surface area contributed by atoms with Crippen LogP contribution < -0.4 is 0 Å². The van der Waals surface area contributed by atoms with Crippen LogP contribution in [0.25, 0.3) is 0 Å². The van der Waals surface area contributed by atoms with Gasteiger partial charge in [0.2, 0.25) is 0 Å². The summed E-state index contributed by atoms with van der Waals surface area (Å²) >= 11 is 5.38. The van der Waals surface area contributed by atoms with Crippen molar-refractivity contribution in [3.8, 4) is 0 Å². The molecule has 2 rings (SSSR count). The number of rotatable bonds is 2. The second kappa shape index (κ2) is 4.69. The molecule has 0 aliphatic rings. The Morgan fingerprint density at radius 3 is 2.72 bits per heavy atom. The predicted molar refractivity (Wildman–Crippen MR) is 76.4 cm³/mol. The number of H-pyrrole nitrogens is 1. The lowest BCUT2D eigenvalue weighted by atomic mass is 9.92. The fourth-order valence-electron chi connectivity index (χ4n) is 2.02. The number of nitrogens with one attached hydrogen (secondary N) is 1. The van der Waals surface area contributed by atoms with Crippen LogP contribution in [-0.2, 0) is 12.0 Å². The van der Waals surface area contributed by atoms with Crippen molar-refractivity contribution in [3.63, 3.8) is 0 Å². The van der Waals surface area contributed by atoms with Crippen LogP contribution in [0.3, 0.4) is 0 Å². The number of aromatic amines is 1. The molecule has 2 aromatic rings. The maximum Gasteiger partial charge on any atom is 0.177 e. The maximum absolute atomic E-state index is 5.38. The zero-order valence-electron chi connectivity index (χ0n) is 11.3. The van der Waals surface area contributed by atoms with Crippen LogP contribution in [-0.4, -0.2) is 14.5 Å². The van der Waals surface area contributed by atoms with Gasteiger partial charge >= 0.3 is 0 Å². The lowest BCUT2D eigenvalue weighted by molar-refractivity contribution is 0.529. The van der Waals surface area contributed by atoms with Crippen LogP contribution in [0.5, 0.6) is 0 Å². The van der Waals surface area contributed by atoms with Gasteiger partial charge in [0.25, 0.3) is 0 Å². The Bertz CT molecular complexity index is 602. The molecule has 0 aliphatic heterocycles. The summed E-state index contributed by atoms with van der Waals surface area (Å²) in [4.78, 5) is 7.27. The molecule has 0 radical (unpaired) electrons. The Morgan fingerprint density at radius 2 is 2.11 bits per heavy atom. The molecule has 0 unspecified atom stereocenters. The van der Waals surface area contributed by atoms with Gasteiger partial charge in [0.05, 0.1) is 6.54 Å². The maximum atomic E-state index is 5.38. The van der Waals surface area contributed by atoms with E-state index >= 15 is 0 Å². The fraction of sp³-hybridized carbons (Fsp3) is 0.429. The second-order valence-corrected chi connectivity index (χ2v) is 6.00. The molecule has 0 aliphatic carbocycles. The summed E-state index contributed by atoms with van der Waals surface area (Å²) in [7, 11) is 0. The number of aryl methyl sites for hydroxylation is 1. The molecule has 2 heterocycles. The standard InChI is InChI=1S/C14H19N3S/c1-10-7-15-6-5-11(10)9-17-12(14(2,3)4)8-16-13(17)18/h5-8H,9H2,1-4H3,(H,16,18). The summed E-state index contributed by atoms with van der Waals surface area (Å²) in [5, 5.41) is 0. The fourth-order valence-corrected chi connectivity index (χ4v) is 2.25. The zero-order chi connectivity index (χ0) is 13.3. The number of hydrogen-bond donors (Lipinski definition) is 1. The first kappa shape index (κ1) is 13.0. The predicted octanol–water partition coefficient (Wildman–Crippen LogP) is 3.59. The van der Waals surface area contributed by atoms with E-state index in [-0.39, 0.29) is 5.41 Å². The summed E-state index contributed by atoms with van der Waals surface area (Å²) < 4.78 is 2.94. The molecule has 0 aromatic carbocycles. The molecule has 4 heteroatoms. The molecule has 0 saturated carbocycles. The normalized spacial score (nSPS) is 11.8. The first-order valence-corrected chi connectivity index (χ1v) is 6.48. The molecule has 0 amide bonds. The Labute approximate surface area is 113 Å². The van der Waals surface area contributed by atoms with E-state index in [2.05, 4.69) is 48.3 Å². The molecule has 0 atom stereocenters. The lowest BCUT2D eigenvalue weighted by Gasteiger charge is -2.21. The van der Waals surface area contributed by atoms with Crippen LogP contribution >= 0.6 is 12.2 Å². The van der Waals surface area contributed by atoms with Crippen molar-refractivity contribution in [2.45, 2.75) is 39.7 Å². The highest BCUT2D eigenvalue weighted by atomic mass is 32.1. The highest BCUT2D eigenvalue weighted by Gasteiger charge is 2.19. The van der Waals surface area contributed by atoms with E-state index in [0.29, 0.717) is 0 Å². The Hall–Kier alpha value is -1.42. The van der Waals surface area contributed by atoms with Crippen LogP contribution in [0.2, 0.25) is 0 Å². The molecule has 96 valence electrons. The average molecular weight is 261 g/mol. The van der Waals surface area contributed by atoms with Gasteiger partial charge in [0, 0.05) is 29.7 Å². The molecule has 3 nitrogen and oxygen atoms in total. The van der Waals surface area contributed by atoms with Crippen molar-refractivity contribution < 1.29 is 0 Å². The smallest absolute Gasteiger partial charge is 0.177 e. The van der Waals surface area contributed by atoms with E-state index in [1.807, 2.05) is 18.6 Å². The molecule has 18 heavy (non-hydrogen) atoms. The number of nitrogens with zero attached hydrogens (tertiary/aromatic N) is 2. The number of pyridine rings is 1. The minimum Gasteiger partial charge on any atom is -0.337 e. The van der Waals surface area contributed by atoms with Gasteiger partial charge in [0.1, 0.15) is 0 Å². The summed E-state index contributed by atoms with van der Waals surface area (Å²) in [5.41, 5.74) is 3.75. The number of hydrogen-bond acceptors (Lipinski definition) is 2. The van der Waals surface area contributed by atoms with Gasteiger partial charge in [-0.2, -0.15) is 0 Å². The third-order valence-electron chi connectivity index (χ3n) is 3.10. The molecule has 0 bridgehead atoms. The van der Waals surface area contributed by atoms with E-state index < -0.39 is 0 Å². The molecular formula is C14H19N3S. The second-order valence-electron chi connectivity index (χ2n) is 5.62. The van der Waals surface area contributed by atoms with E-state index in [9.17, 15) is 0 Å². The molecular weight excluding hydrogens is 242 g/mol. The van der Waals surface area contributed by atoms with Crippen molar-refractivity contribution in [2.24, 2.45) is 0 Å². The summed E-state index contributed by atoms with van der Waals surface area (Å²) in [6.45, 7) is 9.46. The summed E-state index contributed by atoms with van der Waals surface area (Å²) in [6, 6.07) is 2.05. The topological polar surface area (TPSA) is 33.6 Å². The van der Waals surface area contributed by atoms with Gasteiger partial charge in [0.15, 0.2) is 4.77 Å². The Morgan fingerprint density at radius 1 is 1.39 bits per heavy atom. The van der Waals surface area contributed by atoms with E-state index in [0.717, 1.165) is 11.3 Å². The van der Waals surface area contributed by atoms with E-state index in [1.165, 1.54) is 16.8 Å². The van der Waals surface area contributed by atoms with E-state index in [4.69, 9.17) is 12.2 Å². The minimum atomic E-state index is 0.0779. The van der Waals surface area contributed by atoms with Gasteiger partial charge in [-0.1, -0.05) is 20.8 Å². The van der Waals surface area contributed by atoms with Gasteiger partial charge in [-0.15, -0.1) is 0 Å². The van der Waals surface area contributed by atoms with Crippen molar-refractivity contribution in [3.05, 3.63) is 46.2 Å². The van der Waals surface area contributed by atoms with Gasteiger partial charge in [-0.25, -0.2) is 0 Å². The zero-order valence-corrected chi connectivity index (χ0v) is 12.1. The first-order valence-electron chi connectivity index (χ1n) is 6.08. The molecule has 0 fully saturated rings. The highest BCUT2D eigenvalue weighted by Crippen LogP contribution is 2.23. The van der Waals surface area contributed by atoms with Crippen LogP contribution in [0.1, 0.15) is 37.6 Å². The number of imidazole rings is 1. The third-order valence-corrected chi connectivity index (χ3v) is 3.44. The lowest BCUT2D eigenvalue weighted by Crippen LogP contribution is -2.18. The average Bonchev–Trinajstić information content (AvgIpc) is 2.63. The largest absolute Gasteiger partial charge is 0.337 e. The summed E-state index contributed by atoms with van der Waals surface area (Å²) in [6.07, 6.45) is 5.73. The first-order chi connectivity index (χ1) is 8.39. The highest BCUT2D eigenvalue weighted by molar-refractivity contribution is 7.71. The van der Waals surface area contributed by atoms with Crippen LogP contribution in [0.15, 0.2) is 24.7 Å². The minimum absolute atomic E-state index is 0.0779. The van der Waals surface area contributed by atoms with Crippen LogP contribution in [0.4, 0.5) is 0 Å². The molecule has 2 aromatic heterocycles. The van der Waals surface area contributed by atoms with Crippen LogP contribution in [0, 0.1) is 11.7 Å². The van der Waals surface area contributed by atoms with Gasteiger partial charge in [-0.05, 0) is 36.3 Å². The van der Waals surface area contributed by atoms with Crippen molar-refractivity contribution >= 4 is 12.2 Å². The van der Waals surface area contributed by atoms with Gasteiger partial charge in [-0.3, -0.25) is 4.98 Å². The quantitative estimate of drug-likeness (QED) is 0.838.